The summed E-state index contributed by atoms with van der Waals surface area (Å²) in [6.07, 6.45) is 1.61. The molecule has 0 heterocycles. The van der Waals surface area contributed by atoms with Crippen LogP contribution in [0.25, 0.3) is 0 Å². The molecular formula is C11H19NO4. The molecule has 92 valence electrons. The summed E-state index contributed by atoms with van der Waals surface area (Å²) in [5, 5.41) is 2.58. The second-order valence-electron chi connectivity index (χ2n) is 3.20. The molecule has 0 aromatic carbocycles. The normalized spacial score (nSPS) is 11.4. The lowest BCUT2D eigenvalue weighted by atomic mass is 10.3. The molecule has 0 bridgehead atoms. The van der Waals surface area contributed by atoms with Gasteiger partial charge in [-0.3, -0.25) is 0 Å². The molecule has 0 spiro atoms. The minimum absolute atomic E-state index is 0.0564. The van der Waals surface area contributed by atoms with E-state index in [1.165, 1.54) is 0 Å². The summed E-state index contributed by atoms with van der Waals surface area (Å²) in [6, 6.07) is 0. The van der Waals surface area contributed by atoms with Crippen molar-refractivity contribution in [3.63, 3.8) is 0 Å². The van der Waals surface area contributed by atoms with Crippen molar-refractivity contribution in [3.8, 4) is 0 Å². The molecule has 1 unspecified atom stereocenters. The van der Waals surface area contributed by atoms with Crippen molar-refractivity contribution in [1.82, 2.24) is 5.32 Å². The summed E-state index contributed by atoms with van der Waals surface area (Å²) in [7, 11) is 0. The summed E-state index contributed by atoms with van der Waals surface area (Å²) in [6.45, 7) is 7.69. The van der Waals surface area contributed by atoms with Crippen LogP contribution in [0.2, 0.25) is 0 Å². The number of carbonyl (C=O) groups excluding carboxylic acids is 2. The third-order valence-corrected chi connectivity index (χ3v) is 1.83. The molecule has 1 atom stereocenters. The summed E-state index contributed by atoms with van der Waals surface area (Å²) < 4.78 is 9.82. The highest BCUT2D eigenvalue weighted by atomic mass is 16.6. The molecule has 1 amide bonds. The van der Waals surface area contributed by atoms with Gasteiger partial charge >= 0.3 is 12.1 Å². The van der Waals surface area contributed by atoms with Gasteiger partial charge in [0.2, 0.25) is 0 Å². The van der Waals surface area contributed by atoms with E-state index in [-0.39, 0.29) is 6.61 Å². The molecule has 0 fully saturated rings. The Morgan fingerprint density at radius 1 is 1.44 bits per heavy atom. The molecule has 0 aliphatic rings. The number of esters is 1. The number of carbonyl (C=O) groups is 2. The summed E-state index contributed by atoms with van der Waals surface area (Å²) >= 11 is 0. The Kier molecular flexibility index (Phi) is 7.93. The van der Waals surface area contributed by atoms with Crippen LogP contribution in [0, 0.1) is 0 Å². The molecule has 0 aliphatic heterocycles. The summed E-state index contributed by atoms with van der Waals surface area (Å²) in [5.74, 6) is -0.518. The predicted molar refractivity (Wildman–Crippen MR) is 60.0 cm³/mol. The van der Waals surface area contributed by atoms with Crippen molar-refractivity contribution in [2.45, 2.75) is 32.8 Å². The highest BCUT2D eigenvalue weighted by molar-refractivity contribution is 5.81. The van der Waals surface area contributed by atoms with Crippen LogP contribution in [-0.4, -0.2) is 31.3 Å². The van der Waals surface area contributed by atoms with E-state index >= 15 is 0 Å². The van der Waals surface area contributed by atoms with Crippen LogP contribution in [0.5, 0.6) is 0 Å². The van der Waals surface area contributed by atoms with E-state index in [1.807, 2.05) is 13.8 Å². The minimum Gasteiger partial charge on any atom is -0.459 e. The number of hydrogen-bond acceptors (Lipinski definition) is 4. The maximum absolute atomic E-state index is 11.2. The first-order valence-corrected chi connectivity index (χ1v) is 5.37. The first-order chi connectivity index (χ1) is 7.63. The molecular weight excluding hydrogens is 210 g/mol. The summed E-state index contributed by atoms with van der Waals surface area (Å²) in [4.78, 5) is 22.0. The fourth-order valence-corrected chi connectivity index (χ4v) is 0.889. The molecule has 0 aromatic rings. The molecule has 0 saturated heterocycles. The number of nitrogens with one attached hydrogen (secondary N) is 1. The number of rotatable bonds is 7. The van der Waals surface area contributed by atoms with Gasteiger partial charge in [-0.15, -0.1) is 0 Å². The van der Waals surface area contributed by atoms with Gasteiger partial charge in [-0.25, -0.2) is 9.59 Å². The molecule has 1 N–H and O–H groups in total. The number of amides is 1. The van der Waals surface area contributed by atoms with Crippen molar-refractivity contribution >= 4 is 12.1 Å². The van der Waals surface area contributed by atoms with Gasteiger partial charge in [-0.1, -0.05) is 20.4 Å². The average molecular weight is 229 g/mol. The lowest BCUT2D eigenvalue weighted by molar-refractivity contribution is -0.140. The van der Waals surface area contributed by atoms with Gasteiger partial charge in [0.15, 0.2) is 0 Å². The van der Waals surface area contributed by atoms with Crippen LogP contribution in [0.3, 0.4) is 0 Å². The third kappa shape index (κ3) is 6.86. The van der Waals surface area contributed by atoms with Gasteiger partial charge in [-0.2, -0.15) is 0 Å². The van der Waals surface area contributed by atoms with E-state index < -0.39 is 18.2 Å². The molecule has 0 aromatic heterocycles. The van der Waals surface area contributed by atoms with Gasteiger partial charge in [-0.05, 0) is 12.8 Å². The Balaban J connectivity index is 3.85. The van der Waals surface area contributed by atoms with Crippen molar-refractivity contribution in [1.29, 1.82) is 0 Å². The fraction of sp³-hybridized carbons (Fsp3) is 0.636. The number of alkyl carbamates (subject to hydrolysis) is 1. The van der Waals surface area contributed by atoms with Crippen molar-refractivity contribution in [2.75, 3.05) is 13.2 Å². The Hall–Kier alpha value is -1.52. The Labute approximate surface area is 95.8 Å². The smallest absolute Gasteiger partial charge is 0.407 e. The lowest BCUT2D eigenvalue weighted by Gasteiger charge is -2.15. The number of ether oxygens (including phenoxy) is 2. The molecule has 5 heteroatoms. The largest absolute Gasteiger partial charge is 0.459 e. The second kappa shape index (κ2) is 8.76. The van der Waals surface area contributed by atoms with E-state index in [0.29, 0.717) is 13.0 Å². The zero-order valence-corrected chi connectivity index (χ0v) is 9.82. The second-order valence-corrected chi connectivity index (χ2v) is 3.20. The average Bonchev–Trinajstić information content (AvgIpc) is 2.31. The topological polar surface area (TPSA) is 64.6 Å². The van der Waals surface area contributed by atoms with Crippen molar-refractivity contribution < 1.29 is 19.1 Å². The van der Waals surface area contributed by atoms with Crippen LogP contribution >= 0.6 is 0 Å². The lowest BCUT2D eigenvalue weighted by Crippen LogP contribution is -2.31. The number of hydrogen-bond donors (Lipinski definition) is 1. The van der Waals surface area contributed by atoms with Crippen LogP contribution in [0.15, 0.2) is 12.7 Å². The fourth-order valence-electron chi connectivity index (χ4n) is 0.889. The maximum atomic E-state index is 11.2. The molecule has 16 heavy (non-hydrogen) atoms. The zero-order valence-electron chi connectivity index (χ0n) is 9.82. The first kappa shape index (κ1) is 14.5. The third-order valence-electron chi connectivity index (χ3n) is 1.83. The van der Waals surface area contributed by atoms with Gasteiger partial charge in [0.05, 0.1) is 0 Å². The standard InChI is InChI=1S/C11H19NO4/c1-4-7-12-11(14)16-9(5-2)8-15-10(13)6-3/h6,9H,3-5,7-8H2,1-2H3,(H,12,14). The zero-order chi connectivity index (χ0) is 12.4. The summed E-state index contributed by atoms with van der Waals surface area (Å²) in [5.41, 5.74) is 0. The van der Waals surface area contributed by atoms with Crippen molar-refractivity contribution in [2.24, 2.45) is 0 Å². The molecule has 0 rings (SSSR count). The van der Waals surface area contributed by atoms with Crippen LogP contribution < -0.4 is 5.32 Å². The quantitative estimate of drug-likeness (QED) is 0.532. The minimum atomic E-state index is -0.518. The van der Waals surface area contributed by atoms with E-state index in [0.717, 1.165) is 12.5 Å². The molecule has 0 saturated carbocycles. The van der Waals surface area contributed by atoms with Gasteiger partial charge in [0.25, 0.3) is 0 Å². The van der Waals surface area contributed by atoms with Crippen LogP contribution in [0.4, 0.5) is 4.79 Å². The van der Waals surface area contributed by atoms with E-state index in [1.54, 1.807) is 0 Å². The highest BCUT2D eigenvalue weighted by Gasteiger charge is 2.13. The van der Waals surface area contributed by atoms with Crippen LogP contribution in [-0.2, 0) is 14.3 Å². The van der Waals surface area contributed by atoms with Gasteiger partial charge in [0, 0.05) is 12.6 Å². The van der Waals surface area contributed by atoms with E-state index in [9.17, 15) is 9.59 Å². The van der Waals surface area contributed by atoms with Crippen LogP contribution in [0.1, 0.15) is 26.7 Å². The van der Waals surface area contributed by atoms with Crippen molar-refractivity contribution in [3.05, 3.63) is 12.7 Å². The van der Waals surface area contributed by atoms with Gasteiger partial charge < -0.3 is 14.8 Å². The SMILES string of the molecule is C=CC(=O)OCC(CC)OC(=O)NCCC. The molecule has 0 radical (unpaired) electrons. The van der Waals surface area contributed by atoms with E-state index in [2.05, 4.69) is 11.9 Å². The first-order valence-electron chi connectivity index (χ1n) is 5.37. The van der Waals surface area contributed by atoms with E-state index in [4.69, 9.17) is 9.47 Å². The predicted octanol–water partition coefficient (Wildman–Crippen LogP) is 1.63. The Bertz CT molecular complexity index is 240. The Morgan fingerprint density at radius 3 is 2.62 bits per heavy atom. The Morgan fingerprint density at radius 2 is 2.12 bits per heavy atom. The monoisotopic (exact) mass is 229 g/mol. The molecule has 0 aliphatic carbocycles. The molecule has 5 nitrogen and oxygen atoms in total. The highest BCUT2D eigenvalue weighted by Crippen LogP contribution is 2.00. The van der Waals surface area contributed by atoms with Gasteiger partial charge in [0.1, 0.15) is 12.7 Å². The maximum Gasteiger partial charge on any atom is 0.407 e.